The van der Waals surface area contributed by atoms with Crippen LogP contribution in [-0.2, 0) is 0 Å². The second-order valence-corrected chi connectivity index (χ2v) is 13.6. The van der Waals surface area contributed by atoms with Gasteiger partial charge in [0.15, 0.2) is 0 Å². The molecule has 0 bridgehead atoms. The van der Waals surface area contributed by atoms with Crippen molar-refractivity contribution in [2.75, 3.05) is 0 Å². The monoisotopic (exact) mass is 573 g/mol. The number of unbranched alkanes of at least 4 members (excludes halogenated alkanes) is 24. The topological polar surface area (TPSA) is 17.8 Å². The highest BCUT2D eigenvalue weighted by atomic mass is 15.1. The van der Waals surface area contributed by atoms with Crippen LogP contribution in [0.15, 0.2) is 12.4 Å². The third kappa shape index (κ3) is 21.5. The Bertz CT molecular complexity index is 635. The van der Waals surface area contributed by atoms with Crippen molar-refractivity contribution in [2.45, 2.75) is 232 Å². The van der Waals surface area contributed by atoms with Crippen molar-refractivity contribution in [1.82, 2.24) is 9.55 Å². The van der Waals surface area contributed by atoms with Gasteiger partial charge in [-0.2, -0.15) is 0 Å². The average molecular weight is 573 g/mol. The summed E-state index contributed by atoms with van der Waals surface area (Å²) in [5.74, 6) is 2.06. The maximum Gasteiger partial charge on any atom is 0.111 e. The number of aromatic nitrogens is 2. The minimum atomic E-state index is 0.589. The van der Waals surface area contributed by atoms with E-state index in [0.29, 0.717) is 12.0 Å². The summed E-state index contributed by atoms with van der Waals surface area (Å²) in [4.78, 5) is 4.98. The molecular formula is C39H76N2. The largest absolute Gasteiger partial charge is 0.332 e. The molecule has 1 rings (SSSR count). The van der Waals surface area contributed by atoms with Crippen LogP contribution >= 0.6 is 0 Å². The molecule has 0 saturated heterocycles. The van der Waals surface area contributed by atoms with E-state index in [2.05, 4.69) is 44.7 Å². The van der Waals surface area contributed by atoms with Crippen molar-refractivity contribution in [1.29, 1.82) is 0 Å². The van der Waals surface area contributed by atoms with Crippen LogP contribution in [0.4, 0.5) is 0 Å². The van der Waals surface area contributed by atoms with Gasteiger partial charge in [-0.3, -0.25) is 0 Å². The first-order valence-electron chi connectivity index (χ1n) is 19.3. The Balaban J connectivity index is 2.27. The van der Waals surface area contributed by atoms with Gasteiger partial charge in [0.25, 0.3) is 0 Å². The molecule has 2 unspecified atom stereocenters. The smallest absolute Gasteiger partial charge is 0.111 e. The highest BCUT2D eigenvalue weighted by molar-refractivity contribution is 5.02. The Kier molecular flexibility index (Phi) is 27.3. The molecule has 2 nitrogen and oxygen atoms in total. The first-order chi connectivity index (χ1) is 20.2. The molecule has 41 heavy (non-hydrogen) atoms. The molecule has 2 heteroatoms. The molecule has 242 valence electrons. The van der Waals surface area contributed by atoms with Crippen LogP contribution in [0.25, 0.3) is 0 Å². The summed E-state index contributed by atoms with van der Waals surface area (Å²) in [7, 11) is 0. The Morgan fingerprint density at radius 2 is 0.780 bits per heavy atom. The highest BCUT2D eigenvalue weighted by Gasteiger charge is 2.19. The van der Waals surface area contributed by atoms with Gasteiger partial charge in [-0.1, -0.05) is 194 Å². The summed E-state index contributed by atoms with van der Waals surface area (Å²) in [5.41, 5.74) is 0. The lowest BCUT2D eigenvalue weighted by Crippen LogP contribution is -2.13. The second-order valence-electron chi connectivity index (χ2n) is 13.6. The molecule has 0 aromatic carbocycles. The van der Waals surface area contributed by atoms with E-state index in [9.17, 15) is 0 Å². The standard InChI is InChI=1S/C39H76N2/c1-5-8-11-14-16-17-18-19-20-21-22-23-25-27-29-32-37(4)41-36-35-40-39(41)38(33-30-26-13-10-7-3)34-31-28-24-15-12-9-6-2/h35-38H,5-34H2,1-4H3. The number of rotatable bonds is 32. The van der Waals surface area contributed by atoms with E-state index in [0.717, 1.165) is 0 Å². The lowest BCUT2D eigenvalue weighted by molar-refractivity contribution is 0.412. The third-order valence-electron chi connectivity index (χ3n) is 9.58. The predicted molar refractivity (Wildman–Crippen MR) is 185 cm³/mol. The van der Waals surface area contributed by atoms with Crippen molar-refractivity contribution >= 4 is 0 Å². The average Bonchev–Trinajstić information content (AvgIpc) is 3.47. The van der Waals surface area contributed by atoms with Crippen LogP contribution in [0, 0.1) is 0 Å². The zero-order valence-corrected chi connectivity index (χ0v) is 28.9. The number of hydrogen-bond donors (Lipinski definition) is 0. The Labute approximate surface area is 259 Å². The van der Waals surface area contributed by atoms with Gasteiger partial charge in [-0.05, 0) is 26.2 Å². The Morgan fingerprint density at radius 1 is 0.463 bits per heavy atom. The van der Waals surface area contributed by atoms with Crippen molar-refractivity contribution in [3.8, 4) is 0 Å². The summed E-state index contributed by atoms with van der Waals surface area (Å²) >= 11 is 0. The van der Waals surface area contributed by atoms with E-state index in [1.807, 2.05) is 0 Å². The number of hydrogen-bond acceptors (Lipinski definition) is 1. The van der Waals surface area contributed by atoms with Crippen LogP contribution in [0.2, 0.25) is 0 Å². The van der Waals surface area contributed by atoms with Crippen LogP contribution in [0.5, 0.6) is 0 Å². The normalized spacial score (nSPS) is 13.2. The van der Waals surface area contributed by atoms with Gasteiger partial charge in [0.1, 0.15) is 5.82 Å². The molecule has 0 radical (unpaired) electrons. The quantitative estimate of drug-likeness (QED) is 0.0785. The molecule has 0 aliphatic heterocycles. The van der Waals surface area contributed by atoms with Crippen molar-refractivity contribution in [3.63, 3.8) is 0 Å². The van der Waals surface area contributed by atoms with Crippen molar-refractivity contribution in [3.05, 3.63) is 18.2 Å². The SMILES string of the molecule is CCCCCCCCCCCCCCCCCC(C)n1ccnc1C(CCCCCCC)CCCCCCCCC. The van der Waals surface area contributed by atoms with Gasteiger partial charge < -0.3 is 4.57 Å². The molecule has 0 N–H and O–H groups in total. The first-order valence-corrected chi connectivity index (χ1v) is 19.3. The maximum absolute atomic E-state index is 4.98. The number of nitrogens with zero attached hydrogens (tertiary/aromatic N) is 2. The summed E-state index contributed by atoms with van der Waals surface area (Å²) in [6, 6.07) is 0.589. The molecule has 0 aliphatic rings. The molecule has 1 aromatic rings. The van der Waals surface area contributed by atoms with Crippen molar-refractivity contribution in [2.24, 2.45) is 0 Å². The van der Waals surface area contributed by atoms with Gasteiger partial charge in [-0.25, -0.2) is 4.98 Å². The first kappa shape index (κ1) is 38.2. The summed E-state index contributed by atoms with van der Waals surface area (Å²) in [6.45, 7) is 9.39. The van der Waals surface area contributed by atoms with Crippen LogP contribution in [-0.4, -0.2) is 9.55 Å². The van der Waals surface area contributed by atoms with Gasteiger partial charge in [-0.15, -0.1) is 0 Å². The minimum absolute atomic E-state index is 0.589. The number of imidazole rings is 1. The second kappa shape index (κ2) is 29.3. The fourth-order valence-corrected chi connectivity index (χ4v) is 6.71. The van der Waals surface area contributed by atoms with Crippen molar-refractivity contribution < 1.29 is 0 Å². The van der Waals surface area contributed by atoms with Crippen LogP contribution in [0.3, 0.4) is 0 Å². The molecule has 2 atom stereocenters. The Hall–Kier alpha value is -0.790. The fourth-order valence-electron chi connectivity index (χ4n) is 6.71. The van der Waals surface area contributed by atoms with Crippen LogP contribution < -0.4 is 0 Å². The van der Waals surface area contributed by atoms with E-state index in [-0.39, 0.29) is 0 Å². The minimum Gasteiger partial charge on any atom is -0.332 e. The molecule has 0 fully saturated rings. The third-order valence-corrected chi connectivity index (χ3v) is 9.58. The zero-order chi connectivity index (χ0) is 29.6. The zero-order valence-electron chi connectivity index (χ0n) is 28.9. The lowest BCUT2D eigenvalue weighted by Gasteiger charge is -2.22. The molecule has 0 spiro atoms. The predicted octanol–water partition coefficient (Wildman–Crippen LogP) is 14.3. The lowest BCUT2D eigenvalue weighted by atomic mass is 9.93. The Morgan fingerprint density at radius 3 is 1.15 bits per heavy atom. The van der Waals surface area contributed by atoms with Crippen LogP contribution in [0.1, 0.15) is 238 Å². The molecule has 0 aliphatic carbocycles. The van der Waals surface area contributed by atoms with E-state index in [4.69, 9.17) is 4.98 Å². The molecular weight excluding hydrogens is 496 g/mol. The van der Waals surface area contributed by atoms with E-state index in [1.165, 1.54) is 198 Å². The summed E-state index contributed by atoms with van der Waals surface area (Å²) in [5, 5.41) is 0. The van der Waals surface area contributed by atoms with Gasteiger partial charge in [0.05, 0.1) is 0 Å². The van der Waals surface area contributed by atoms with E-state index >= 15 is 0 Å². The molecule has 0 saturated carbocycles. The fraction of sp³-hybridized carbons (Fsp3) is 0.923. The van der Waals surface area contributed by atoms with E-state index in [1.54, 1.807) is 0 Å². The van der Waals surface area contributed by atoms with Gasteiger partial charge in [0, 0.05) is 24.4 Å². The highest BCUT2D eigenvalue weighted by Crippen LogP contribution is 2.30. The molecule has 1 aromatic heterocycles. The molecule has 0 amide bonds. The van der Waals surface area contributed by atoms with Gasteiger partial charge in [0.2, 0.25) is 0 Å². The molecule has 1 heterocycles. The van der Waals surface area contributed by atoms with Gasteiger partial charge >= 0.3 is 0 Å². The van der Waals surface area contributed by atoms with E-state index < -0.39 is 0 Å². The summed E-state index contributed by atoms with van der Waals surface area (Å²) in [6.07, 6.45) is 46.7. The summed E-state index contributed by atoms with van der Waals surface area (Å²) < 4.78 is 2.57. The maximum atomic E-state index is 4.98.